The first-order valence-electron chi connectivity index (χ1n) is 9.13. The Morgan fingerprint density at radius 3 is 2.57 bits per heavy atom. The van der Waals surface area contributed by atoms with Crippen molar-refractivity contribution in [2.24, 2.45) is 5.92 Å². The number of nitrogens with one attached hydrogen (secondary N) is 1. The Hall–Kier alpha value is -2.49. The lowest BCUT2D eigenvalue weighted by Gasteiger charge is -2.29. The van der Waals surface area contributed by atoms with Gasteiger partial charge in [-0.15, -0.1) is 0 Å². The van der Waals surface area contributed by atoms with Gasteiger partial charge in [0.05, 0.1) is 11.5 Å². The zero-order chi connectivity index (χ0) is 20.9. The number of sulfone groups is 1. The third-order valence-corrected chi connectivity index (χ3v) is 6.43. The van der Waals surface area contributed by atoms with Crippen LogP contribution < -0.4 is 5.32 Å². The molecule has 1 amide bonds. The standard InChI is InChI=1S/C18H24N2O7S/c1-3-27-17(21)11-28(25,26)16-9-8-13(10-15(16)20(23)24)18(22)19-14-7-5-4-6-12(14)2/h8-10,12,14H,3-7,11H2,1-2H3,(H,19,22). The zero-order valence-corrected chi connectivity index (χ0v) is 16.7. The van der Waals surface area contributed by atoms with Crippen molar-refractivity contribution < 1.29 is 27.7 Å². The van der Waals surface area contributed by atoms with Gasteiger partial charge in [-0.2, -0.15) is 0 Å². The molecular weight excluding hydrogens is 388 g/mol. The maximum Gasteiger partial charge on any atom is 0.321 e. The van der Waals surface area contributed by atoms with Crippen LogP contribution in [0.2, 0.25) is 0 Å². The van der Waals surface area contributed by atoms with Crippen molar-refractivity contribution in [3.8, 4) is 0 Å². The molecule has 0 heterocycles. The molecule has 2 rings (SSSR count). The summed E-state index contributed by atoms with van der Waals surface area (Å²) in [6.07, 6.45) is 3.93. The molecule has 0 saturated heterocycles. The minimum Gasteiger partial charge on any atom is -0.465 e. The first-order valence-corrected chi connectivity index (χ1v) is 10.8. The first kappa shape index (κ1) is 21.8. The highest BCUT2D eigenvalue weighted by molar-refractivity contribution is 7.92. The molecule has 1 aromatic rings. The summed E-state index contributed by atoms with van der Waals surface area (Å²) in [7, 11) is -4.28. The Labute approximate surface area is 163 Å². The maximum absolute atomic E-state index is 12.5. The number of amides is 1. The fraction of sp³-hybridized carbons (Fsp3) is 0.556. The van der Waals surface area contributed by atoms with Crippen LogP contribution >= 0.6 is 0 Å². The van der Waals surface area contributed by atoms with E-state index in [1.165, 1.54) is 13.0 Å². The van der Waals surface area contributed by atoms with Gasteiger partial charge in [-0.05, 0) is 37.8 Å². The predicted octanol–water partition coefficient (Wildman–Crippen LogP) is 2.24. The molecule has 0 bridgehead atoms. The monoisotopic (exact) mass is 412 g/mol. The first-order chi connectivity index (χ1) is 13.2. The van der Waals surface area contributed by atoms with E-state index >= 15 is 0 Å². The highest BCUT2D eigenvalue weighted by Crippen LogP contribution is 2.27. The smallest absolute Gasteiger partial charge is 0.321 e. The van der Waals surface area contributed by atoms with Crippen molar-refractivity contribution in [2.75, 3.05) is 12.4 Å². The van der Waals surface area contributed by atoms with E-state index in [2.05, 4.69) is 10.1 Å². The maximum atomic E-state index is 12.5. The van der Waals surface area contributed by atoms with Gasteiger partial charge in [0.15, 0.2) is 15.6 Å². The molecule has 10 heteroatoms. The SMILES string of the molecule is CCOC(=O)CS(=O)(=O)c1ccc(C(=O)NC2CCCCC2C)cc1[N+](=O)[O-]. The van der Waals surface area contributed by atoms with Crippen LogP contribution in [-0.4, -0.2) is 43.6 Å². The third-order valence-electron chi connectivity index (χ3n) is 4.79. The van der Waals surface area contributed by atoms with E-state index in [9.17, 15) is 28.1 Å². The highest BCUT2D eigenvalue weighted by Gasteiger charge is 2.30. The highest BCUT2D eigenvalue weighted by atomic mass is 32.2. The van der Waals surface area contributed by atoms with E-state index in [1.54, 1.807) is 0 Å². The average Bonchev–Trinajstić information content (AvgIpc) is 2.62. The number of carbonyl (C=O) groups excluding carboxylic acids is 2. The second-order valence-electron chi connectivity index (χ2n) is 6.85. The van der Waals surface area contributed by atoms with E-state index in [-0.39, 0.29) is 18.2 Å². The van der Waals surface area contributed by atoms with Crippen molar-refractivity contribution in [3.63, 3.8) is 0 Å². The Kier molecular flexibility index (Phi) is 7.11. The Bertz CT molecular complexity index is 867. The Morgan fingerprint density at radius 2 is 1.96 bits per heavy atom. The van der Waals surface area contributed by atoms with Crippen LogP contribution in [0, 0.1) is 16.0 Å². The van der Waals surface area contributed by atoms with Crippen LogP contribution in [0.5, 0.6) is 0 Å². The summed E-state index contributed by atoms with van der Waals surface area (Å²) in [6.45, 7) is 3.56. The quantitative estimate of drug-likeness (QED) is 0.412. The van der Waals surface area contributed by atoms with E-state index in [0.29, 0.717) is 5.92 Å². The van der Waals surface area contributed by atoms with Crippen molar-refractivity contribution >= 4 is 27.4 Å². The van der Waals surface area contributed by atoms with Crippen molar-refractivity contribution in [1.82, 2.24) is 5.32 Å². The van der Waals surface area contributed by atoms with E-state index in [0.717, 1.165) is 37.8 Å². The van der Waals surface area contributed by atoms with Crippen LogP contribution in [-0.2, 0) is 19.4 Å². The van der Waals surface area contributed by atoms with E-state index < -0.39 is 43.0 Å². The Balaban J connectivity index is 2.28. The summed E-state index contributed by atoms with van der Waals surface area (Å²) >= 11 is 0. The number of benzene rings is 1. The number of rotatable bonds is 7. The summed E-state index contributed by atoms with van der Waals surface area (Å²) < 4.78 is 29.4. The van der Waals surface area contributed by atoms with Gasteiger partial charge in [-0.3, -0.25) is 19.7 Å². The van der Waals surface area contributed by atoms with Crippen LogP contribution in [0.15, 0.2) is 23.1 Å². The second-order valence-corrected chi connectivity index (χ2v) is 8.80. The average molecular weight is 412 g/mol. The number of esters is 1. The molecule has 154 valence electrons. The van der Waals surface area contributed by atoms with E-state index in [1.807, 2.05) is 6.92 Å². The molecule has 9 nitrogen and oxygen atoms in total. The second kappa shape index (κ2) is 9.13. The number of nitrogens with zero attached hydrogens (tertiary/aromatic N) is 1. The van der Waals surface area contributed by atoms with Gasteiger partial charge < -0.3 is 10.1 Å². The molecule has 1 fully saturated rings. The molecule has 0 aromatic heterocycles. The van der Waals surface area contributed by atoms with E-state index in [4.69, 9.17) is 0 Å². The van der Waals surface area contributed by atoms with Crippen LogP contribution in [0.4, 0.5) is 5.69 Å². The van der Waals surface area contributed by atoms with Gasteiger partial charge in [0.2, 0.25) is 0 Å². The molecule has 1 aromatic carbocycles. The van der Waals surface area contributed by atoms with Crippen molar-refractivity contribution in [1.29, 1.82) is 0 Å². The van der Waals surface area contributed by atoms with Gasteiger partial charge in [-0.25, -0.2) is 8.42 Å². The molecule has 28 heavy (non-hydrogen) atoms. The minimum absolute atomic E-state index is 0.000409. The number of nitro benzene ring substituents is 1. The zero-order valence-electron chi connectivity index (χ0n) is 15.8. The van der Waals surface area contributed by atoms with Crippen molar-refractivity contribution in [2.45, 2.75) is 50.5 Å². The topological polar surface area (TPSA) is 133 Å². The number of hydrogen-bond donors (Lipinski definition) is 1. The number of hydrogen-bond acceptors (Lipinski definition) is 7. The minimum atomic E-state index is -4.28. The molecule has 2 unspecified atom stereocenters. The summed E-state index contributed by atoms with van der Waals surface area (Å²) in [5.74, 6) is -2.19. The number of ether oxygens (including phenoxy) is 1. The van der Waals surface area contributed by atoms with Gasteiger partial charge in [0, 0.05) is 17.7 Å². The summed E-state index contributed by atoms with van der Waals surface area (Å²) in [4.78, 5) is 33.9. The van der Waals surface area contributed by atoms with Crippen molar-refractivity contribution in [3.05, 3.63) is 33.9 Å². The third kappa shape index (κ3) is 5.28. The summed E-state index contributed by atoms with van der Waals surface area (Å²) in [5, 5.41) is 14.3. The van der Waals surface area contributed by atoms with Gasteiger partial charge in [-0.1, -0.05) is 19.8 Å². The van der Waals surface area contributed by atoms with Gasteiger partial charge in [0.1, 0.15) is 4.90 Å². The fourth-order valence-electron chi connectivity index (χ4n) is 3.28. The molecular formula is C18H24N2O7S. The fourth-order valence-corrected chi connectivity index (χ4v) is 4.56. The molecule has 1 N–H and O–H groups in total. The lowest BCUT2D eigenvalue weighted by Crippen LogP contribution is -2.41. The van der Waals surface area contributed by atoms with Gasteiger partial charge >= 0.3 is 5.97 Å². The molecule has 2 atom stereocenters. The number of carbonyl (C=O) groups is 2. The lowest BCUT2D eigenvalue weighted by molar-refractivity contribution is -0.387. The predicted molar refractivity (Wildman–Crippen MR) is 101 cm³/mol. The lowest BCUT2D eigenvalue weighted by atomic mass is 9.86. The van der Waals surface area contributed by atoms with Crippen LogP contribution in [0.3, 0.4) is 0 Å². The van der Waals surface area contributed by atoms with Crippen LogP contribution in [0.25, 0.3) is 0 Å². The number of nitro groups is 1. The molecule has 1 aliphatic rings. The van der Waals surface area contributed by atoms with Crippen LogP contribution in [0.1, 0.15) is 49.9 Å². The molecule has 1 aliphatic carbocycles. The summed E-state index contributed by atoms with van der Waals surface area (Å²) in [6, 6.07) is 3.12. The molecule has 1 saturated carbocycles. The largest absolute Gasteiger partial charge is 0.465 e. The van der Waals surface area contributed by atoms with Gasteiger partial charge in [0.25, 0.3) is 11.6 Å². The normalized spacial score (nSPS) is 19.6. The molecule has 0 radical (unpaired) electrons. The Morgan fingerprint density at radius 1 is 1.29 bits per heavy atom. The molecule has 0 aliphatic heterocycles. The molecule has 0 spiro atoms. The summed E-state index contributed by atoms with van der Waals surface area (Å²) in [5.41, 5.74) is -0.742.